The van der Waals surface area contributed by atoms with Crippen molar-refractivity contribution in [1.82, 2.24) is 10.2 Å². The SMILES string of the molecule is CCOC(=O)C1(CCOc2ccccc2)CCN(C(=O)N[C@@H]2CCS(=O)(=O)C2)CC1. The van der Waals surface area contributed by atoms with E-state index in [1.807, 2.05) is 30.3 Å². The lowest BCUT2D eigenvalue weighted by atomic mass is 9.76. The number of piperidine rings is 1. The van der Waals surface area contributed by atoms with Crippen LogP contribution in [0.2, 0.25) is 0 Å². The molecule has 1 atom stereocenters. The van der Waals surface area contributed by atoms with Crippen molar-refractivity contribution in [2.45, 2.75) is 38.6 Å². The summed E-state index contributed by atoms with van der Waals surface area (Å²) in [7, 11) is -3.05. The van der Waals surface area contributed by atoms with E-state index in [0.717, 1.165) is 5.75 Å². The third kappa shape index (κ3) is 5.65. The van der Waals surface area contributed by atoms with E-state index < -0.39 is 15.3 Å². The number of hydrogen-bond acceptors (Lipinski definition) is 6. The molecule has 30 heavy (non-hydrogen) atoms. The predicted octanol–water partition coefficient (Wildman–Crippen LogP) is 2.00. The number of carbonyl (C=O) groups excluding carboxylic acids is 2. The Morgan fingerprint density at radius 3 is 2.50 bits per heavy atom. The maximum atomic E-state index is 12.7. The van der Waals surface area contributed by atoms with Crippen LogP contribution in [-0.2, 0) is 19.4 Å². The number of amides is 2. The number of ether oxygens (including phenoxy) is 2. The summed E-state index contributed by atoms with van der Waals surface area (Å²) in [6, 6.07) is 8.83. The van der Waals surface area contributed by atoms with Crippen LogP contribution in [0.4, 0.5) is 4.79 Å². The lowest BCUT2D eigenvalue weighted by Gasteiger charge is -2.40. The highest BCUT2D eigenvalue weighted by molar-refractivity contribution is 7.91. The molecule has 1 aromatic carbocycles. The van der Waals surface area contributed by atoms with Gasteiger partial charge in [-0.1, -0.05) is 18.2 Å². The molecule has 2 aliphatic rings. The van der Waals surface area contributed by atoms with Gasteiger partial charge in [0, 0.05) is 19.1 Å². The number of benzene rings is 1. The van der Waals surface area contributed by atoms with Crippen LogP contribution in [0.3, 0.4) is 0 Å². The van der Waals surface area contributed by atoms with Gasteiger partial charge in [-0.25, -0.2) is 13.2 Å². The molecule has 0 saturated carbocycles. The topological polar surface area (TPSA) is 102 Å². The fourth-order valence-corrected chi connectivity index (χ4v) is 5.71. The molecule has 166 valence electrons. The molecule has 0 unspecified atom stereocenters. The minimum Gasteiger partial charge on any atom is -0.494 e. The first-order valence-electron chi connectivity index (χ1n) is 10.4. The molecule has 2 amide bonds. The second kappa shape index (κ2) is 9.68. The fourth-order valence-electron chi connectivity index (χ4n) is 4.03. The molecule has 0 radical (unpaired) electrons. The number of esters is 1. The first kappa shape index (κ1) is 22.4. The van der Waals surface area contributed by atoms with Gasteiger partial charge in [-0.05, 0) is 44.7 Å². The van der Waals surface area contributed by atoms with E-state index in [9.17, 15) is 18.0 Å². The fraction of sp³-hybridized carbons (Fsp3) is 0.619. The molecule has 1 aromatic rings. The number of carbonyl (C=O) groups is 2. The van der Waals surface area contributed by atoms with Gasteiger partial charge in [-0.15, -0.1) is 0 Å². The Bertz CT molecular complexity index is 834. The van der Waals surface area contributed by atoms with Gasteiger partial charge in [-0.2, -0.15) is 0 Å². The van der Waals surface area contributed by atoms with E-state index >= 15 is 0 Å². The number of rotatable bonds is 7. The first-order valence-corrected chi connectivity index (χ1v) is 12.3. The van der Waals surface area contributed by atoms with Crippen LogP contribution >= 0.6 is 0 Å². The van der Waals surface area contributed by atoms with E-state index in [2.05, 4.69) is 5.32 Å². The van der Waals surface area contributed by atoms with Gasteiger partial charge < -0.3 is 19.7 Å². The zero-order valence-corrected chi connectivity index (χ0v) is 18.2. The standard InChI is InChI=1S/C21H30N2O6S/c1-2-28-19(24)21(11-14-29-18-6-4-3-5-7-18)9-12-23(13-10-21)20(25)22-17-8-15-30(26,27)16-17/h3-7,17H,2,8-16H2,1H3,(H,22,25)/t17-/m1/s1. The minimum absolute atomic E-state index is 0.00380. The summed E-state index contributed by atoms with van der Waals surface area (Å²) in [6.07, 6.45) is 1.93. The molecular formula is C21H30N2O6S. The molecule has 0 aliphatic carbocycles. The Hall–Kier alpha value is -2.29. The lowest BCUT2D eigenvalue weighted by molar-refractivity contribution is -0.159. The maximum absolute atomic E-state index is 12.7. The van der Waals surface area contributed by atoms with Gasteiger partial charge in [0.25, 0.3) is 0 Å². The number of likely N-dealkylation sites (tertiary alicyclic amines) is 1. The Labute approximate surface area is 177 Å². The van der Waals surface area contributed by atoms with E-state index in [-0.39, 0.29) is 29.5 Å². The summed E-state index contributed by atoms with van der Waals surface area (Å²) in [4.78, 5) is 26.9. The summed E-state index contributed by atoms with van der Waals surface area (Å²) >= 11 is 0. The highest BCUT2D eigenvalue weighted by atomic mass is 32.2. The first-order chi connectivity index (χ1) is 14.3. The van der Waals surface area contributed by atoms with Crippen molar-refractivity contribution in [2.24, 2.45) is 5.41 Å². The number of urea groups is 1. The van der Waals surface area contributed by atoms with Crippen molar-refractivity contribution in [3.05, 3.63) is 30.3 Å². The van der Waals surface area contributed by atoms with E-state index in [4.69, 9.17) is 9.47 Å². The highest BCUT2D eigenvalue weighted by Crippen LogP contribution is 2.37. The summed E-state index contributed by atoms with van der Waals surface area (Å²) in [6.45, 7) is 3.30. The van der Waals surface area contributed by atoms with Gasteiger partial charge >= 0.3 is 12.0 Å². The highest BCUT2D eigenvalue weighted by Gasteiger charge is 2.43. The van der Waals surface area contributed by atoms with E-state index in [1.54, 1.807) is 11.8 Å². The van der Waals surface area contributed by atoms with Gasteiger partial charge in [-0.3, -0.25) is 4.79 Å². The normalized spacial score (nSPS) is 22.3. The van der Waals surface area contributed by atoms with Crippen molar-refractivity contribution >= 4 is 21.8 Å². The lowest BCUT2D eigenvalue weighted by Crippen LogP contribution is -2.52. The summed E-state index contributed by atoms with van der Waals surface area (Å²) in [5.74, 6) is 0.616. The third-order valence-electron chi connectivity index (χ3n) is 5.87. The average Bonchev–Trinajstić information content (AvgIpc) is 3.07. The molecular weight excluding hydrogens is 408 g/mol. The van der Waals surface area contributed by atoms with Crippen molar-refractivity contribution in [2.75, 3.05) is 37.8 Å². The molecule has 2 saturated heterocycles. The van der Waals surface area contributed by atoms with Crippen LogP contribution in [0.15, 0.2) is 30.3 Å². The predicted molar refractivity (Wildman–Crippen MR) is 112 cm³/mol. The zero-order chi connectivity index (χ0) is 21.6. The molecule has 0 bridgehead atoms. The van der Waals surface area contributed by atoms with Crippen LogP contribution in [-0.4, -0.2) is 69.2 Å². The van der Waals surface area contributed by atoms with E-state index in [1.165, 1.54) is 0 Å². The number of para-hydroxylation sites is 1. The molecule has 1 N–H and O–H groups in total. The van der Waals surface area contributed by atoms with Crippen LogP contribution in [0.5, 0.6) is 5.75 Å². The monoisotopic (exact) mass is 438 g/mol. The smallest absolute Gasteiger partial charge is 0.317 e. The van der Waals surface area contributed by atoms with Crippen LogP contribution in [0, 0.1) is 5.41 Å². The molecule has 8 nitrogen and oxygen atoms in total. The maximum Gasteiger partial charge on any atom is 0.317 e. The largest absolute Gasteiger partial charge is 0.494 e. The number of hydrogen-bond donors (Lipinski definition) is 1. The quantitative estimate of drug-likeness (QED) is 0.654. The van der Waals surface area contributed by atoms with E-state index in [0.29, 0.717) is 52.0 Å². The average molecular weight is 439 g/mol. The minimum atomic E-state index is -3.05. The van der Waals surface area contributed by atoms with Gasteiger partial charge in [0.1, 0.15) is 5.75 Å². The van der Waals surface area contributed by atoms with Crippen LogP contribution < -0.4 is 10.1 Å². The second-order valence-electron chi connectivity index (χ2n) is 7.95. The second-order valence-corrected chi connectivity index (χ2v) is 10.2. The van der Waals surface area contributed by atoms with Crippen molar-refractivity contribution in [3.8, 4) is 5.75 Å². The number of nitrogens with one attached hydrogen (secondary N) is 1. The summed E-state index contributed by atoms with van der Waals surface area (Å²) in [5, 5.41) is 2.82. The molecule has 0 spiro atoms. The summed E-state index contributed by atoms with van der Waals surface area (Å²) in [5.41, 5.74) is -0.682. The molecule has 3 rings (SSSR count). The van der Waals surface area contributed by atoms with Crippen molar-refractivity contribution in [3.63, 3.8) is 0 Å². The Kier molecular flexibility index (Phi) is 7.23. The third-order valence-corrected chi connectivity index (χ3v) is 7.64. The molecule has 9 heteroatoms. The Balaban J connectivity index is 1.55. The van der Waals surface area contributed by atoms with Gasteiger partial charge in [0.05, 0.1) is 30.1 Å². The van der Waals surface area contributed by atoms with Crippen molar-refractivity contribution in [1.29, 1.82) is 0 Å². The Morgan fingerprint density at radius 1 is 1.20 bits per heavy atom. The Morgan fingerprint density at radius 2 is 1.90 bits per heavy atom. The summed E-state index contributed by atoms with van der Waals surface area (Å²) < 4.78 is 34.3. The molecule has 2 heterocycles. The van der Waals surface area contributed by atoms with Gasteiger partial charge in [0.15, 0.2) is 9.84 Å². The molecule has 2 fully saturated rings. The van der Waals surface area contributed by atoms with Crippen LogP contribution in [0.1, 0.15) is 32.6 Å². The number of nitrogens with zero attached hydrogens (tertiary/aromatic N) is 1. The van der Waals surface area contributed by atoms with Crippen LogP contribution in [0.25, 0.3) is 0 Å². The number of sulfone groups is 1. The molecule has 0 aromatic heterocycles. The zero-order valence-electron chi connectivity index (χ0n) is 17.3. The van der Waals surface area contributed by atoms with Gasteiger partial charge in [0.2, 0.25) is 0 Å². The van der Waals surface area contributed by atoms with Crippen molar-refractivity contribution < 1.29 is 27.5 Å². The molecule has 2 aliphatic heterocycles.